The molecule has 6 nitrogen and oxygen atoms in total. The fourth-order valence-electron chi connectivity index (χ4n) is 5.02. The molecular formula is C24H24ClFN4O2. The van der Waals surface area contributed by atoms with E-state index in [1.54, 1.807) is 18.3 Å². The number of piperidine rings is 1. The van der Waals surface area contributed by atoms with Crippen molar-refractivity contribution in [2.45, 2.75) is 37.9 Å². The summed E-state index contributed by atoms with van der Waals surface area (Å²) in [4.78, 5) is 27.1. The molecule has 0 bridgehead atoms. The molecule has 5 rings (SSSR count). The summed E-state index contributed by atoms with van der Waals surface area (Å²) in [5, 5.41) is 4.26. The van der Waals surface area contributed by atoms with Crippen LogP contribution in [0.3, 0.4) is 0 Å². The van der Waals surface area contributed by atoms with Crippen molar-refractivity contribution in [3.05, 3.63) is 70.6 Å². The maximum Gasteiger partial charge on any atom is 0.323 e. The van der Waals surface area contributed by atoms with Gasteiger partial charge in [-0.25, -0.2) is 9.18 Å². The lowest BCUT2D eigenvalue weighted by atomic mass is 10.1. The topological polar surface area (TPSA) is 80.4 Å². The van der Waals surface area contributed by atoms with Crippen molar-refractivity contribution in [3.63, 3.8) is 0 Å². The van der Waals surface area contributed by atoms with Gasteiger partial charge < -0.3 is 16.0 Å². The second-order valence-corrected chi connectivity index (χ2v) is 9.06. The Morgan fingerprint density at radius 2 is 1.94 bits per heavy atom. The summed E-state index contributed by atoms with van der Waals surface area (Å²) >= 11 is 5.86. The first kappa shape index (κ1) is 21.0. The Hall–Kier alpha value is -2.90. The van der Waals surface area contributed by atoms with E-state index in [0.29, 0.717) is 30.1 Å². The molecule has 1 aliphatic heterocycles. The molecule has 3 atom stereocenters. The number of carbonyl (C=O) groups is 2. The van der Waals surface area contributed by atoms with E-state index >= 15 is 0 Å². The molecule has 3 aromatic rings. The average molecular weight is 455 g/mol. The van der Waals surface area contributed by atoms with Crippen molar-refractivity contribution in [2.24, 2.45) is 11.7 Å². The SMILES string of the molecule is NC(=O)n1cc(CC(=O)N2C(CNCc3cccc(Cl)c3F)CC3CC32)c2ccccc21. The molecule has 166 valence electrons. The first-order valence-electron chi connectivity index (χ1n) is 10.8. The van der Waals surface area contributed by atoms with E-state index in [1.807, 2.05) is 29.2 Å². The van der Waals surface area contributed by atoms with Crippen LogP contribution in [0.4, 0.5) is 9.18 Å². The van der Waals surface area contributed by atoms with E-state index < -0.39 is 11.8 Å². The van der Waals surface area contributed by atoms with Gasteiger partial charge in [0.1, 0.15) is 5.82 Å². The summed E-state index contributed by atoms with van der Waals surface area (Å²) in [6.07, 6.45) is 3.86. The number of para-hydroxylation sites is 1. The number of nitrogens with zero attached hydrogens (tertiary/aromatic N) is 2. The summed E-state index contributed by atoms with van der Waals surface area (Å²) in [5.74, 6) is 0.179. The number of benzene rings is 2. The third kappa shape index (κ3) is 3.76. The van der Waals surface area contributed by atoms with Crippen molar-refractivity contribution in [2.75, 3.05) is 6.54 Å². The Bertz CT molecular complexity index is 1210. The number of hydrogen-bond donors (Lipinski definition) is 2. The number of halogens is 2. The highest BCUT2D eigenvalue weighted by Gasteiger charge is 2.53. The molecule has 8 heteroatoms. The van der Waals surface area contributed by atoms with Crippen molar-refractivity contribution in [1.82, 2.24) is 14.8 Å². The van der Waals surface area contributed by atoms with Crippen molar-refractivity contribution >= 4 is 34.4 Å². The van der Waals surface area contributed by atoms with Crippen LogP contribution in [0.25, 0.3) is 10.9 Å². The molecule has 1 saturated carbocycles. The van der Waals surface area contributed by atoms with Crippen LogP contribution in [0.1, 0.15) is 24.0 Å². The number of amides is 2. The average Bonchev–Trinajstić information content (AvgIpc) is 3.28. The fraction of sp³-hybridized carbons (Fsp3) is 0.333. The van der Waals surface area contributed by atoms with Crippen LogP contribution < -0.4 is 11.1 Å². The van der Waals surface area contributed by atoms with E-state index in [-0.39, 0.29) is 29.4 Å². The van der Waals surface area contributed by atoms with Crippen molar-refractivity contribution in [3.8, 4) is 0 Å². The minimum absolute atomic E-state index is 0.0445. The molecule has 2 heterocycles. The van der Waals surface area contributed by atoms with Crippen molar-refractivity contribution in [1.29, 1.82) is 0 Å². The normalized spacial score (nSPS) is 21.7. The zero-order valence-electron chi connectivity index (χ0n) is 17.4. The van der Waals surface area contributed by atoms with E-state index in [2.05, 4.69) is 5.32 Å². The predicted molar refractivity (Wildman–Crippen MR) is 121 cm³/mol. The summed E-state index contributed by atoms with van der Waals surface area (Å²) in [5.41, 5.74) is 7.51. The number of rotatable bonds is 6. The van der Waals surface area contributed by atoms with Gasteiger partial charge in [-0.05, 0) is 36.5 Å². The third-order valence-corrected chi connectivity index (χ3v) is 6.89. The van der Waals surface area contributed by atoms with Gasteiger partial charge in [0.2, 0.25) is 5.91 Å². The second-order valence-electron chi connectivity index (χ2n) is 8.65. The van der Waals surface area contributed by atoms with Crippen LogP contribution in [0.5, 0.6) is 0 Å². The molecule has 2 aromatic carbocycles. The quantitative estimate of drug-likeness (QED) is 0.596. The predicted octanol–water partition coefficient (Wildman–Crippen LogP) is 3.68. The van der Waals surface area contributed by atoms with Crippen LogP contribution in [0.2, 0.25) is 5.02 Å². The molecule has 3 unspecified atom stereocenters. The highest BCUT2D eigenvalue weighted by molar-refractivity contribution is 6.30. The lowest BCUT2D eigenvalue weighted by Gasteiger charge is -2.28. The van der Waals surface area contributed by atoms with Crippen LogP contribution in [-0.2, 0) is 17.8 Å². The number of aromatic nitrogens is 1. The van der Waals surface area contributed by atoms with Crippen LogP contribution in [-0.4, -0.2) is 40.0 Å². The molecule has 2 aliphatic rings. The van der Waals surface area contributed by atoms with E-state index in [4.69, 9.17) is 17.3 Å². The van der Waals surface area contributed by atoms with Crippen LogP contribution in [0.15, 0.2) is 48.7 Å². The Morgan fingerprint density at radius 3 is 2.75 bits per heavy atom. The highest BCUT2D eigenvalue weighted by atomic mass is 35.5. The number of nitrogens with one attached hydrogen (secondary N) is 1. The molecule has 0 radical (unpaired) electrons. The molecule has 2 fully saturated rings. The smallest absolute Gasteiger partial charge is 0.323 e. The molecule has 2 amide bonds. The fourth-order valence-corrected chi connectivity index (χ4v) is 5.21. The lowest BCUT2D eigenvalue weighted by molar-refractivity contribution is -0.132. The van der Waals surface area contributed by atoms with E-state index in [1.165, 1.54) is 10.6 Å². The van der Waals surface area contributed by atoms with Gasteiger partial charge in [0.15, 0.2) is 0 Å². The van der Waals surface area contributed by atoms with Gasteiger partial charge in [-0.1, -0.05) is 41.9 Å². The van der Waals surface area contributed by atoms with Gasteiger partial charge in [-0.15, -0.1) is 0 Å². The second kappa shape index (κ2) is 8.22. The van der Waals surface area contributed by atoms with E-state index in [0.717, 1.165) is 23.8 Å². The molecule has 1 aliphatic carbocycles. The maximum atomic E-state index is 14.1. The van der Waals surface area contributed by atoms with Crippen molar-refractivity contribution < 1.29 is 14.0 Å². The number of carbonyl (C=O) groups excluding carboxylic acids is 2. The standard InChI is InChI=1S/C24H24ClFN4O2/c25-19-6-3-4-14(23(19)26)11-28-12-17-8-15-9-21(15)30(17)22(31)10-16-13-29(24(27)32)20-7-2-1-5-18(16)20/h1-7,13,15,17,21,28H,8-12H2,(H2,27,32). The molecule has 1 saturated heterocycles. The minimum atomic E-state index is -0.571. The van der Waals surface area contributed by atoms with Gasteiger partial charge in [0.05, 0.1) is 17.0 Å². The Morgan fingerprint density at radius 1 is 1.12 bits per heavy atom. The Balaban J connectivity index is 1.28. The Labute approximate surface area is 190 Å². The monoisotopic (exact) mass is 454 g/mol. The van der Waals surface area contributed by atoms with Crippen LogP contribution >= 0.6 is 11.6 Å². The van der Waals surface area contributed by atoms with E-state index in [9.17, 15) is 14.0 Å². The zero-order valence-corrected chi connectivity index (χ0v) is 18.2. The first-order chi connectivity index (χ1) is 15.4. The van der Waals surface area contributed by atoms with Gasteiger partial charge in [-0.2, -0.15) is 0 Å². The molecular weight excluding hydrogens is 431 g/mol. The molecule has 32 heavy (non-hydrogen) atoms. The minimum Gasteiger partial charge on any atom is -0.351 e. The summed E-state index contributed by atoms with van der Waals surface area (Å²) in [6, 6.07) is 12.2. The zero-order chi connectivity index (χ0) is 22.4. The number of hydrogen-bond acceptors (Lipinski definition) is 3. The highest BCUT2D eigenvalue weighted by Crippen LogP contribution is 2.48. The maximum absolute atomic E-state index is 14.1. The number of nitrogens with two attached hydrogens (primary N) is 1. The van der Waals surface area contributed by atoms with Gasteiger partial charge in [0, 0.05) is 42.3 Å². The lowest BCUT2D eigenvalue weighted by Crippen LogP contribution is -2.44. The largest absolute Gasteiger partial charge is 0.351 e. The number of primary amides is 1. The summed E-state index contributed by atoms with van der Waals surface area (Å²) in [7, 11) is 0. The summed E-state index contributed by atoms with van der Waals surface area (Å²) in [6.45, 7) is 0.945. The van der Waals surface area contributed by atoms with Gasteiger partial charge >= 0.3 is 6.03 Å². The van der Waals surface area contributed by atoms with Gasteiger partial charge in [-0.3, -0.25) is 9.36 Å². The first-order valence-corrected chi connectivity index (χ1v) is 11.2. The third-order valence-electron chi connectivity index (χ3n) is 6.60. The van der Waals surface area contributed by atoms with Gasteiger partial charge in [0.25, 0.3) is 0 Å². The summed E-state index contributed by atoms with van der Waals surface area (Å²) < 4.78 is 15.5. The molecule has 0 spiro atoms. The Kier molecular flexibility index (Phi) is 5.39. The molecule has 3 N–H and O–H groups in total. The number of likely N-dealkylation sites (tertiary alicyclic amines) is 1. The number of fused-ring (bicyclic) bond motifs is 2. The molecule has 1 aromatic heterocycles. The van der Waals surface area contributed by atoms with Crippen LogP contribution in [0, 0.1) is 11.7 Å².